The highest BCUT2D eigenvalue weighted by Gasteiger charge is 1.96. The van der Waals surface area contributed by atoms with E-state index in [4.69, 9.17) is 5.84 Å². The average molecular weight is 244 g/mol. The summed E-state index contributed by atoms with van der Waals surface area (Å²) in [5, 5.41) is 2.89. The lowest BCUT2D eigenvalue weighted by Crippen LogP contribution is -2.36. The zero-order chi connectivity index (χ0) is 9.68. The van der Waals surface area contributed by atoms with Gasteiger partial charge in [0, 0.05) is 17.7 Å². The number of anilines is 1. The highest BCUT2D eigenvalue weighted by Crippen LogP contribution is 2.09. The van der Waals surface area contributed by atoms with E-state index in [1.54, 1.807) is 13.2 Å². The molecule has 0 aliphatic rings. The summed E-state index contributed by atoms with van der Waals surface area (Å²) >= 11 is 3.28. The molecule has 0 amide bonds. The molecule has 1 aromatic rings. The summed E-state index contributed by atoms with van der Waals surface area (Å²) in [5.41, 5.74) is 2.40. The summed E-state index contributed by atoms with van der Waals surface area (Å²) in [6, 6.07) is 3.69. The maximum atomic E-state index is 5.18. The van der Waals surface area contributed by atoms with Crippen LogP contribution >= 0.6 is 15.9 Å². The van der Waals surface area contributed by atoms with Crippen LogP contribution in [0.5, 0.6) is 0 Å². The van der Waals surface area contributed by atoms with E-state index in [1.165, 1.54) is 0 Å². The predicted molar refractivity (Wildman–Crippen MR) is 56.2 cm³/mol. The summed E-state index contributed by atoms with van der Waals surface area (Å²) in [6.07, 6.45) is 1.69. The number of hydrogen-bond acceptors (Lipinski definition) is 3. The van der Waals surface area contributed by atoms with Crippen LogP contribution in [0.15, 0.2) is 27.8 Å². The minimum Gasteiger partial charge on any atom is -0.310 e. The fraction of sp³-hybridized carbons (Fsp3) is 0.143. The third-order valence-corrected chi connectivity index (χ3v) is 1.80. The largest absolute Gasteiger partial charge is 0.310 e. The monoisotopic (exact) mass is 243 g/mol. The number of guanidine groups is 1. The van der Waals surface area contributed by atoms with E-state index in [-0.39, 0.29) is 0 Å². The average Bonchev–Trinajstić information content (AvgIpc) is 2.17. The normalized spacial score (nSPS) is 11.2. The van der Waals surface area contributed by atoms with Gasteiger partial charge in [-0.05, 0) is 28.1 Å². The van der Waals surface area contributed by atoms with Crippen molar-refractivity contribution in [2.45, 2.75) is 0 Å². The Hall–Kier alpha value is -1.14. The molecule has 0 spiro atoms. The van der Waals surface area contributed by atoms with Crippen LogP contribution in [0.1, 0.15) is 0 Å². The number of pyridine rings is 1. The molecular weight excluding hydrogens is 234 g/mol. The van der Waals surface area contributed by atoms with Gasteiger partial charge in [-0.3, -0.25) is 10.4 Å². The van der Waals surface area contributed by atoms with Crippen molar-refractivity contribution in [3.63, 3.8) is 0 Å². The molecule has 0 aliphatic carbocycles. The van der Waals surface area contributed by atoms with E-state index in [0.717, 1.165) is 4.47 Å². The Kier molecular flexibility index (Phi) is 3.66. The molecule has 0 bridgehead atoms. The van der Waals surface area contributed by atoms with Crippen LogP contribution in [0.4, 0.5) is 5.82 Å². The molecule has 5 nitrogen and oxygen atoms in total. The van der Waals surface area contributed by atoms with E-state index >= 15 is 0 Å². The third kappa shape index (κ3) is 3.00. The molecule has 0 aromatic carbocycles. The van der Waals surface area contributed by atoms with Crippen LogP contribution in [-0.4, -0.2) is 18.0 Å². The van der Waals surface area contributed by atoms with E-state index in [0.29, 0.717) is 11.8 Å². The second kappa shape index (κ2) is 4.78. The predicted octanol–water partition coefficient (Wildman–Crippen LogP) is 0.705. The van der Waals surface area contributed by atoms with Gasteiger partial charge in [0.05, 0.1) is 0 Å². The molecule has 0 aliphatic heterocycles. The first kappa shape index (κ1) is 9.94. The molecule has 1 aromatic heterocycles. The molecule has 0 radical (unpaired) electrons. The first-order valence-corrected chi connectivity index (χ1v) is 4.37. The second-order valence-electron chi connectivity index (χ2n) is 2.20. The quantitative estimate of drug-likeness (QED) is 0.294. The molecule has 1 heterocycles. The van der Waals surface area contributed by atoms with Gasteiger partial charge in [0.25, 0.3) is 0 Å². The summed E-state index contributed by atoms with van der Waals surface area (Å²) in [5.74, 6) is 6.33. The van der Waals surface area contributed by atoms with E-state index in [2.05, 4.69) is 36.6 Å². The minimum atomic E-state index is 0.467. The molecule has 4 N–H and O–H groups in total. The van der Waals surface area contributed by atoms with Crippen LogP contribution in [0.2, 0.25) is 0 Å². The SMILES string of the molecule is CN=C(NN)Nc1ccc(Br)cn1. The molecule has 0 fully saturated rings. The number of rotatable bonds is 1. The molecular formula is C7H10BrN5. The van der Waals surface area contributed by atoms with Gasteiger partial charge in [-0.15, -0.1) is 0 Å². The topological polar surface area (TPSA) is 75.3 Å². The van der Waals surface area contributed by atoms with Crippen LogP contribution in [0.3, 0.4) is 0 Å². The van der Waals surface area contributed by atoms with E-state index < -0.39 is 0 Å². The molecule has 6 heteroatoms. The summed E-state index contributed by atoms with van der Waals surface area (Å²) < 4.78 is 0.925. The molecule has 13 heavy (non-hydrogen) atoms. The van der Waals surface area contributed by atoms with E-state index in [9.17, 15) is 0 Å². The molecule has 1 rings (SSSR count). The van der Waals surface area contributed by atoms with Crippen LogP contribution in [0.25, 0.3) is 0 Å². The Balaban J connectivity index is 2.69. The molecule has 0 saturated carbocycles. The van der Waals surface area contributed by atoms with Gasteiger partial charge in [0.1, 0.15) is 5.82 Å². The van der Waals surface area contributed by atoms with Crippen LogP contribution in [-0.2, 0) is 0 Å². The number of nitrogens with two attached hydrogens (primary N) is 1. The fourth-order valence-electron chi connectivity index (χ4n) is 0.728. The minimum absolute atomic E-state index is 0.467. The van der Waals surface area contributed by atoms with Gasteiger partial charge in [0.2, 0.25) is 5.96 Å². The Morgan fingerprint density at radius 2 is 2.38 bits per heavy atom. The van der Waals surface area contributed by atoms with Crippen LogP contribution in [0, 0.1) is 0 Å². The standard InChI is InChI=1S/C7H10BrN5/c1-10-7(13-9)12-6-3-2-5(8)4-11-6/h2-4H,9H2,1H3,(H2,10,11,12,13). The van der Waals surface area contributed by atoms with Crippen molar-refractivity contribution in [1.82, 2.24) is 10.4 Å². The molecule has 0 saturated heterocycles. The Morgan fingerprint density at radius 1 is 1.62 bits per heavy atom. The third-order valence-electron chi connectivity index (χ3n) is 1.33. The zero-order valence-corrected chi connectivity index (χ0v) is 8.67. The molecule has 0 atom stereocenters. The van der Waals surface area contributed by atoms with Crippen molar-refractivity contribution in [3.05, 3.63) is 22.8 Å². The lowest BCUT2D eigenvalue weighted by Gasteiger charge is -2.06. The van der Waals surface area contributed by atoms with Gasteiger partial charge < -0.3 is 5.32 Å². The maximum Gasteiger partial charge on any atom is 0.211 e. The smallest absolute Gasteiger partial charge is 0.211 e. The van der Waals surface area contributed by atoms with Crippen molar-refractivity contribution in [3.8, 4) is 0 Å². The number of hydrogen-bond donors (Lipinski definition) is 3. The Morgan fingerprint density at radius 3 is 2.85 bits per heavy atom. The highest BCUT2D eigenvalue weighted by atomic mass is 79.9. The fourth-order valence-corrected chi connectivity index (χ4v) is 0.962. The summed E-state index contributed by atoms with van der Waals surface area (Å²) in [4.78, 5) is 7.92. The van der Waals surface area contributed by atoms with Crippen molar-refractivity contribution in [2.75, 3.05) is 12.4 Å². The Bertz CT molecular complexity index is 294. The number of nitrogens with zero attached hydrogens (tertiary/aromatic N) is 2. The lowest BCUT2D eigenvalue weighted by atomic mass is 10.5. The van der Waals surface area contributed by atoms with Crippen molar-refractivity contribution in [2.24, 2.45) is 10.8 Å². The van der Waals surface area contributed by atoms with Gasteiger partial charge in [-0.2, -0.15) is 0 Å². The van der Waals surface area contributed by atoms with Gasteiger partial charge in [-0.1, -0.05) is 0 Å². The lowest BCUT2D eigenvalue weighted by molar-refractivity contribution is 1.01. The first-order chi connectivity index (χ1) is 6.26. The number of aliphatic imine (C=N–C) groups is 1. The summed E-state index contributed by atoms with van der Waals surface area (Å²) in [7, 11) is 1.63. The first-order valence-electron chi connectivity index (χ1n) is 3.58. The maximum absolute atomic E-state index is 5.18. The van der Waals surface area contributed by atoms with Crippen molar-refractivity contribution < 1.29 is 0 Å². The summed E-state index contributed by atoms with van der Waals surface area (Å²) in [6.45, 7) is 0. The van der Waals surface area contributed by atoms with Gasteiger partial charge in [0.15, 0.2) is 0 Å². The second-order valence-corrected chi connectivity index (χ2v) is 3.12. The molecule has 70 valence electrons. The van der Waals surface area contributed by atoms with E-state index in [1.807, 2.05) is 12.1 Å². The molecule has 0 unspecified atom stereocenters. The number of halogens is 1. The highest BCUT2D eigenvalue weighted by molar-refractivity contribution is 9.10. The number of nitrogens with one attached hydrogen (secondary N) is 2. The zero-order valence-electron chi connectivity index (χ0n) is 7.08. The number of hydrazine groups is 1. The van der Waals surface area contributed by atoms with Gasteiger partial charge >= 0.3 is 0 Å². The van der Waals surface area contributed by atoms with Crippen molar-refractivity contribution >= 4 is 27.7 Å². The van der Waals surface area contributed by atoms with Gasteiger partial charge in [-0.25, -0.2) is 10.8 Å². The van der Waals surface area contributed by atoms with Crippen molar-refractivity contribution in [1.29, 1.82) is 0 Å². The number of aromatic nitrogens is 1. The van der Waals surface area contributed by atoms with Crippen LogP contribution < -0.4 is 16.6 Å². The Labute approximate surface area is 84.6 Å².